The predicted octanol–water partition coefficient (Wildman–Crippen LogP) is 1.93. The number of piperidine rings is 1. The number of nitrogens with zero attached hydrogens (tertiary/aromatic N) is 6. The summed E-state index contributed by atoms with van der Waals surface area (Å²) in [5.74, 6) is 0.649. The summed E-state index contributed by atoms with van der Waals surface area (Å²) < 4.78 is 15.2. The summed E-state index contributed by atoms with van der Waals surface area (Å²) in [6, 6.07) is 2.04. The summed E-state index contributed by atoms with van der Waals surface area (Å²) >= 11 is 0. The van der Waals surface area contributed by atoms with Crippen LogP contribution >= 0.6 is 0 Å². The van der Waals surface area contributed by atoms with Crippen LogP contribution in [0, 0.1) is 11.7 Å². The van der Waals surface area contributed by atoms with Crippen LogP contribution < -0.4 is 4.90 Å². The quantitative estimate of drug-likeness (QED) is 0.861. The van der Waals surface area contributed by atoms with E-state index in [1.165, 1.54) is 44.7 Å². The molecule has 0 aromatic carbocycles. The molecule has 24 heavy (non-hydrogen) atoms. The van der Waals surface area contributed by atoms with E-state index in [4.69, 9.17) is 0 Å². The van der Waals surface area contributed by atoms with Crippen LogP contribution in [0.1, 0.15) is 25.0 Å². The normalized spacial score (nSPS) is 22.2. The molecule has 0 N–H and O–H groups in total. The third-order valence-electron chi connectivity index (χ3n) is 4.92. The highest BCUT2D eigenvalue weighted by Gasteiger charge is 2.26. The van der Waals surface area contributed by atoms with E-state index in [-0.39, 0.29) is 0 Å². The fourth-order valence-corrected chi connectivity index (χ4v) is 3.78. The molecule has 0 aliphatic carbocycles. The van der Waals surface area contributed by atoms with Crippen molar-refractivity contribution in [3.63, 3.8) is 0 Å². The van der Waals surface area contributed by atoms with Gasteiger partial charge >= 0.3 is 0 Å². The summed E-state index contributed by atoms with van der Waals surface area (Å²) in [5.41, 5.74) is 1.16. The molecular formula is C17H23FN6. The van der Waals surface area contributed by atoms with Crippen molar-refractivity contribution in [2.75, 3.05) is 31.1 Å². The van der Waals surface area contributed by atoms with E-state index < -0.39 is 5.82 Å². The Kier molecular flexibility index (Phi) is 4.42. The van der Waals surface area contributed by atoms with E-state index in [2.05, 4.69) is 29.5 Å². The Morgan fingerprint density at radius 1 is 1.08 bits per heavy atom. The Morgan fingerprint density at radius 3 is 2.67 bits per heavy atom. The Labute approximate surface area is 141 Å². The van der Waals surface area contributed by atoms with Crippen LogP contribution in [-0.2, 0) is 13.1 Å². The molecule has 2 aromatic heterocycles. The first-order valence-corrected chi connectivity index (χ1v) is 8.73. The van der Waals surface area contributed by atoms with Crippen molar-refractivity contribution in [3.05, 3.63) is 36.2 Å². The van der Waals surface area contributed by atoms with Gasteiger partial charge in [-0.05, 0) is 32.0 Å². The van der Waals surface area contributed by atoms with Gasteiger partial charge in [-0.1, -0.05) is 6.42 Å². The van der Waals surface area contributed by atoms with Crippen LogP contribution in [0.4, 0.5) is 10.3 Å². The zero-order valence-electron chi connectivity index (χ0n) is 13.8. The molecule has 0 amide bonds. The zero-order valence-corrected chi connectivity index (χ0v) is 13.8. The lowest BCUT2D eigenvalue weighted by atomic mass is 10.1. The van der Waals surface area contributed by atoms with Gasteiger partial charge in [0.25, 0.3) is 0 Å². The van der Waals surface area contributed by atoms with E-state index in [1.807, 2.05) is 12.3 Å². The second-order valence-corrected chi connectivity index (χ2v) is 6.81. The monoisotopic (exact) mass is 330 g/mol. The topological polar surface area (TPSA) is 50.1 Å². The van der Waals surface area contributed by atoms with Crippen molar-refractivity contribution in [1.29, 1.82) is 0 Å². The largest absolute Gasteiger partial charge is 0.335 e. The fourth-order valence-electron chi connectivity index (χ4n) is 3.78. The SMILES string of the molecule is Fc1cnc(N2Cc3ccnn3CC(CN3CCCCC3)C2)nc1. The highest BCUT2D eigenvalue weighted by Crippen LogP contribution is 2.21. The van der Waals surface area contributed by atoms with Crippen molar-refractivity contribution in [3.8, 4) is 0 Å². The first-order chi connectivity index (χ1) is 11.8. The molecule has 128 valence electrons. The zero-order chi connectivity index (χ0) is 16.4. The molecule has 4 rings (SSSR count). The molecule has 2 aliphatic heterocycles. The fraction of sp³-hybridized carbons (Fsp3) is 0.588. The lowest BCUT2D eigenvalue weighted by Crippen LogP contribution is -2.39. The molecule has 0 bridgehead atoms. The van der Waals surface area contributed by atoms with Crippen LogP contribution in [-0.4, -0.2) is 50.8 Å². The maximum Gasteiger partial charge on any atom is 0.225 e. The van der Waals surface area contributed by atoms with Gasteiger partial charge in [0.15, 0.2) is 5.82 Å². The maximum atomic E-state index is 13.1. The minimum atomic E-state index is -0.400. The van der Waals surface area contributed by atoms with Gasteiger partial charge in [0.2, 0.25) is 5.95 Å². The molecule has 1 unspecified atom stereocenters. The van der Waals surface area contributed by atoms with E-state index in [0.717, 1.165) is 25.3 Å². The van der Waals surface area contributed by atoms with Gasteiger partial charge < -0.3 is 9.80 Å². The average Bonchev–Trinajstić information content (AvgIpc) is 2.95. The summed E-state index contributed by atoms with van der Waals surface area (Å²) in [7, 11) is 0. The first-order valence-electron chi connectivity index (χ1n) is 8.73. The summed E-state index contributed by atoms with van der Waals surface area (Å²) in [6.45, 7) is 5.94. The molecule has 0 spiro atoms. The smallest absolute Gasteiger partial charge is 0.225 e. The number of halogens is 1. The summed E-state index contributed by atoms with van der Waals surface area (Å²) in [5, 5.41) is 4.47. The first kappa shape index (κ1) is 15.5. The molecule has 2 aromatic rings. The van der Waals surface area contributed by atoms with Gasteiger partial charge in [-0.15, -0.1) is 0 Å². The van der Waals surface area contributed by atoms with Gasteiger partial charge in [-0.2, -0.15) is 5.10 Å². The number of fused-ring (bicyclic) bond motifs is 1. The molecule has 1 saturated heterocycles. The molecule has 2 aliphatic rings. The molecule has 4 heterocycles. The highest BCUT2D eigenvalue weighted by atomic mass is 19.1. The summed E-state index contributed by atoms with van der Waals surface area (Å²) in [6.07, 6.45) is 8.27. The Morgan fingerprint density at radius 2 is 1.88 bits per heavy atom. The third kappa shape index (κ3) is 3.40. The van der Waals surface area contributed by atoms with E-state index in [0.29, 0.717) is 18.4 Å². The van der Waals surface area contributed by atoms with Crippen molar-refractivity contribution < 1.29 is 4.39 Å². The number of anilines is 1. The highest BCUT2D eigenvalue weighted by molar-refractivity contribution is 5.31. The molecule has 7 heteroatoms. The maximum absolute atomic E-state index is 13.1. The summed E-state index contributed by atoms with van der Waals surface area (Å²) in [4.78, 5) is 13.1. The molecule has 1 atom stereocenters. The number of likely N-dealkylation sites (tertiary alicyclic amines) is 1. The Hall–Kier alpha value is -2.02. The van der Waals surface area contributed by atoms with Crippen LogP contribution in [0.2, 0.25) is 0 Å². The van der Waals surface area contributed by atoms with Gasteiger partial charge in [-0.3, -0.25) is 4.68 Å². The van der Waals surface area contributed by atoms with E-state index >= 15 is 0 Å². The molecule has 6 nitrogen and oxygen atoms in total. The Bertz CT molecular complexity index is 664. The Balaban J connectivity index is 1.54. The van der Waals surface area contributed by atoms with Gasteiger partial charge in [-0.25, -0.2) is 14.4 Å². The number of hydrogen-bond donors (Lipinski definition) is 0. The van der Waals surface area contributed by atoms with Crippen LogP contribution in [0.15, 0.2) is 24.7 Å². The van der Waals surface area contributed by atoms with Crippen LogP contribution in [0.5, 0.6) is 0 Å². The average molecular weight is 330 g/mol. The third-order valence-corrected chi connectivity index (χ3v) is 4.92. The van der Waals surface area contributed by atoms with Gasteiger partial charge in [0.05, 0.1) is 24.6 Å². The number of rotatable bonds is 3. The van der Waals surface area contributed by atoms with Crippen molar-refractivity contribution >= 4 is 5.95 Å². The van der Waals surface area contributed by atoms with Gasteiger partial charge in [0.1, 0.15) is 0 Å². The lowest BCUT2D eigenvalue weighted by Gasteiger charge is -2.31. The van der Waals surface area contributed by atoms with Crippen LogP contribution in [0.3, 0.4) is 0 Å². The lowest BCUT2D eigenvalue weighted by molar-refractivity contribution is 0.187. The second-order valence-electron chi connectivity index (χ2n) is 6.81. The number of aromatic nitrogens is 4. The minimum Gasteiger partial charge on any atom is -0.335 e. The number of hydrogen-bond acceptors (Lipinski definition) is 5. The predicted molar refractivity (Wildman–Crippen MR) is 89.0 cm³/mol. The minimum absolute atomic E-state index is 0.400. The van der Waals surface area contributed by atoms with E-state index in [9.17, 15) is 4.39 Å². The van der Waals surface area contributed by atoms with Crippen molar-refractivity contribution in [2.24, 2.45) is 5.92 Å². The van der Waals surface area contributed by atoms with Crippen LogP contribution in [0.25, 0.3) is 0 Å². The standard InChI is InChI=1S/C17H23FN6/c18-15-8-19-17(20-9-15)23-11-14(10-22-6-2-1-3-7-22)12-24-16(13-23)4-5-21-24/h4-5,8-9,14H,1-3,6-7,10-13H2. The van der Waals surface area contributed by atoms with Gasteiger partial charge in [0, 0.05) is 31.7 Å². The molecule has 1 fully saturated rings. The van der Waals surface area contributed by atoms with E-state index in [1.54, 1.807) is 0 Å². The van der Waals surface area contributed by atoms with Crippen molar-refractivity contribution in [2.45, 2.75) is 32.4 Å². The molecule has 0 saturated carbocycles. The second kappa shape index (κ2) is 6.84. The molecular weight excluding hydrogens is 307 g/mol. The van der Waals surface area contributed by atoms with Crippen molar-refractivity contribution in [1.82, 2.24) is 24.6 Å². The molecule has 0 radical (unpaired) electrons.